The average molecular weight is 338 g/mol. The number of hydrogen-bond acceptors (Lipinski definition) is 5. The predicted octanol–water partition coefficient (Wildman–Crippen LogP) is 2.05. The number of nitro groups is 1. The first-order valence-electron chi connectivity index (χ1n) is 5.28. The molecule has 2 aromatic rings. The molecule has 2 rings (SSSR count). The highest BCUT2D eigenvalue weighted by molar-refractivity contribution is 8.13. The highest BCUT2D eigenvalue weighted by atomic mass is 35.7. The van der Waals surface area contributed by atoms with Crippen molar-refractivity contribution in [3.8, 4) is 0 Å². The molecule has 1 aromatic heterocycles. The number of nitrogens with zero attached hydrogens (tertiary/aromatic N) is 3. The van der Waals surface area contributed by atoms with E-state index >= 15 is 0 Å². The van der Waals surface area contributed by atoms with Gasteiger partial charge in [-0.2, -0.15) is 4.68 Å². The highest BCUT2D eigenvalue weighted by Crippen LogP contribution is 2.25. The first kappa shape index (κ1) is 15.3. The molecular formula is C10H6ClF2N3O4S. The molecule has 0 aliphatic carbocycles. The minimum atomic E-state index is -4.37. The predicted molar refractivity (Wildman–Crippen MR) is 67.4 cm³/mol. The van der Waals surface area contributed by atoms with Gasteiger partial charge in [-0.05, 0) is 22.6 Å². The van der Waals surface area contributed by atoms with Crippen LogP contribution >= 0.6 is 10.7 Å². The molecule has 1 heterocycles. The third-order valence-corrected chi connectivity index (χ3v) is 3.72. The summed E-state index contributed by atoms with van der Waals surface area (Å²) in [6.07, 6.45) is 0.823. The molecular weight excluding hydrogens is 332 g/mol. The molecule has 0 unspecified atom stereocenters. The standard InChI is InChI=1S/C10H6ClF2N3O4S/c11-21(19,20)9-5-15(14-10(9)16(17)18)4-6-1-7(12)3-8(13)2-6/h1-3,5H,4H2. The Morgan fingerprint density at radius 2 is 1.86 bits per heavy atom. The summed E-state index contributed by atoms with van der Waals surface area (Å²) in [5, 5.41) is 14.2. The van der Waals surface area contributed by atoms with Gasteiger partial charge in [-0.25, -0.2) is 17.2 Å². The second kappa shape index (κ2) is 5.37. The van der Waals surface area contributed by atoms with Gasteiger partial charge in [-0.1, -0.05) is 0 Å². The quantitative estimate of drug-likeness (QED) is 0.483. The van der Waals surface area contributed by atoms with E-state index < -0.39 is 36.3 Å². The van der Waals surface area contributed by atoms with Gasteiger partial charge in [0.25, 0.3) is 9.05 Å². The third-order valence-electron chi connectivity index (χ3n) is 2.41. The molecule has 0 fully saturated rings. The minimum Gasteiger partial charge on any atom is -0.358 e. The summed E-state index contributed by atoms with van der Waals surface area (Å²) in [5.74, 6) is -2.63. The van der Waals surface area contributed by atoms with E-state index in [0.29, 0.717) is 6.07 Å². The van der Waals surface area contributed by atoms with Crippen molar-refractivity contribution < 1.29 is 22.1 Å². The van der Waals surface area contributed by atoms with Crippen LogP contribution in [0.1, 0.15) is 5.56 Å². The van der Waals surface area contributed by atoms with Gasteiger partial charge < -0.3 is 10.1 Å². The Bertz CT molecular complexity index is 801. The van der Waals surface area contributed by atoms with Crippen molar-refractivity contribution in [2.75, 3.05) is 0 Å². The maximum absolute atomic E-state index is 13.0. The maximum Gasteiger partial charge on any atom is 0.410 e. The number of hydrogen-bond donors (Lipinski definition) is 0. The first-order valence-corrected chi connectivity index (χ1v) is 7.59. The van der Waals surface area contributed by atoms with Crippen LogP contribution in [0.5, 0.6) is 0 Å². The largest absolute Gasteiger partial charge is 0.410 e. The molecule has 0 N–H and O–H groups in total. The van der Waals surface area contributed by atoms with Crippen LogP contribution in [0.4, 0.5) is 14.6 Å². The summed E-state index contributed by atoms with van der Waals surface area (Å²) in [7, 11) is 0.702. The van der Waals surface area contributed by atoms with E-state index in [0.717, 1.165) is 23.0 Å². The van der Waals surface area contributed by atoms with Crippen LogP contribution in [0.15, 0.2) is 29.3 Å². The fourth-order valence-corrected chi connectivity index (χ4v) is 2.57. The van der Waals surface area contributed by atoms with E-state index in [-0.39, 0.29) is 12.1 Å². The topological polar surface area (TPSA) is 95.1 Å². The Hall–Kier alpha value is -2.07. The normalized spacial score (nSPS) is 11.6. The lowest BCUT2D eigenvalue weighted by molar-refractivity contribution is -0.392. The first-order chi connectivity index (χ1) is 9.66. The van der Waals surface area contributed by atoms with Gasteiger partial charge in [0.05, 0.1) is 17.8 Å². The summed E-state index contributed by atoms with van der Waals surface area (Å²) >= 11 is 0. The molecule has 0 radical (unpaired) electrons. The van der Waals surface area contributed by atoms with E-state index in [4.69, 9.17) is 10.7 Å². The molecule has 0 spiro atoms. The zero-order chi connectivity index (χ0) is 15.8. The van der Waals surface area contributed by atoms with Gasteiger partial charge in [0.1, 0.15) is 11.6 Å². The third kappa shape index (κ3) is 3.52. The molecule has 0 aliphatic rings. The van der Waals surface area contributed by atoms with E-state index in [1.807, 2.05) is 0 Å². The van der Waals surface area contributed by atoms with Gasteiger partial charge in [0.15, 0.2) is 0 Å². The van der Waals surface area contributed by atoms with Crippen LogP contribution in [-0.2, 0) is 15.6 Å². The summed E-state index contributed by atoms with van der Waals surface area (Å²) in [6.45, 7) is -0.262. The van der Waals surface area contributed by atoms with E-state index in [9.17, 15) is 27.3 Å². The molecule has 21 heavy (non-hydrogen) atoms. The molecule has 112 valence electrons. The fraction of sp³-hybridized carbons (Fsp3) is 0.100. The van der Waals surface area contributed by atoms with Gasteiger partial charge >= 0.3 is 5.82 Å². The van der Waals surface area contributed by atoms with Crippen LogP contribution in [0, 0.1) is 21.7 Å². The molecule has 0 atom stereocenters. The molecule has 0 amide bonds. The summed E-state index contributed by atoms with van der Waals surface area (Å²) < 4.78 is 49.4. The fourth-order valence-electron chi connectivity index (χ4n) is 1.66. The van der Waals surface area contributed by atoms with Crippen LogP contribution in [0.2, 0.25) is 0 Å². The van der Waals surface area contributed by atoms with E-state index in [2.05, 4.69) is 5.10 Å². The number of aromatic nitrogens is 2. The lowest BCUT2D eigenvalue weighted by Crippen LogP contribution is -2.02. The van der Waals surface area contributed by atoms with Crippen molar-refractivity contribution in [3.05, 3.63) is 51.7 Å². The summed E-state index contributed by atoms with van der Waals surface area (Å²) in [6, 6.07) is 2.64. The zero-order valence-electron chi connectivity index (χ0n) is 10.0. The highest BCUT2D eigenvalue weighted by Gasteiger charge is 2.29. The van der Waals surface area contributed by atoms with Crippen molar-refractivity contribution in [1.29, 1.82) is 0 Å². The molecule has 1 aromatic carbocycles. The van der Waals surface area contributed by atoms with Crippen LogP contribution in [0.25, 0.3) is 0 Å². The Balaban J connectivity index is 2.44. The maximum atomic E-state index is 13.0. The van der Waals surface area contributed by atoms with Crippen LogP contribution < -0.4 is 0 Å². The van der Waals surface area contributed by atoms with Crippen molar-refractivity contribution in [2.24, 2.45) is 0 Å². The van der Waals surface area contributed by atoms with Gasteiger partial charge in [0, 0.05) is 16.7 Å². The van der Waals surface area contributed by atoms with Crippen molar-refractivity contribution in [2.45, 2.75) is 11.4 Å². The Morgan fingerprint density at radius 3 is 2.29 bits per heavy atom. The molecule has 0 aliphatic heterocycles. The monoisotopic (exact) mass is 337 g/mol. The van der Waals surface area contributed by atoms with Crippen LogP contribution in [0.3, 0.4) is 0 Å². The lowest BCUT2D eigenvalue weighted by atomic mass is 10.2. The van der Waals surface area contributed by atoms with Gasteiger partial charge in [0.2, 0.25) is 4.90 Å². The smallest absolute Gasteiger partial charge is 0.358 e. The SMILES string of the molecule is O=[N+]([O-])c1nn(Cc2cc(F)cc(F)c2)cc1S(=O)(=O)Cl. The Labute approximate surface area is 121 Å². The van der Waals surface area contributed by atoms with E-state index in [1.165, 1.54) is 0 Å². The zero-order valence-corrected chi connectivity index (χ0v) is 11.6. The molecule has 0 saturated heterocycles. The number of halogens is 3. The number of rotatable bonds is 4. The van der Waals surface area contributed by atoms with Crippen molar-refractivity contribution in [3.63, 3.8) is 0 Å². The minimum absolute atomic E-state index is 0.114. The molecule has 7 nitrogen and oxygen atoms in total. The Morgan fingerprint density at radius 1 is 1.29 bits per heavy atom. The molecule has 0 bridgehead atoms. The summed E-state index contributed by atoms with van der Waals surface area (Å²) in [5.41, 5.74) is 0.114. The number of benzene rings is 1. The van der Waals surface area contributed by atoms with Crippen molar-refractivity contribution >= 4 is 25.6 Å². The van der Waals surface area contributed by atoms with Gasteiger partial charge in [-0.15, -0.1) is 0 Å². The van der Waals surface area contributed by atoms with Crippen molar-refractivity contribution in [1.82, 2.24) is 9.78 Å². The second-order valence-electron chi connectivity index (χ2n) is 3.99. The Kier molecular flexibility index (Phi) is 3.92. The van der Waals surface area contributed by atoms with E-state index in [1.54, 1.807) is 0 Å². The lowest BCUT2D eigenvalue weighted by Gasteiger charge is -1.99. The van der Waals surface area contributed by atoms with Gasteiger partial charge in [-0.3, -0.25) is 0 Å². The molecule has 0 saturated carbocycles. The average Bonchev–Trinajstić information content (AvgIpc) is 2.71. The summed E-state index contributed by atoms with van der Waals surface area (Å²) in [4.78, 5) is 8.93. The second-order valence-corrected chi connectivity index (χ2v) is 6.52. The van der Waals surface area contributed by atoms with Crippen LogP contribution in [-0.4, -0.2) is 23.1 Å². The molecule has 11 heteroatoms.